The van der Waals surface area contributed by atoms with E-state index in [1.54, 1.807) is 47.8 Å². The van der Waals surface area contributed by atoms with E-state index in [1.165, 1.54) is 38.1 Å². The Balaban J connectivity index is 2.57. The van der Waals surface area contributed by atoms with Crippen molar-refractivity contribution < 1.29 is 116 Å². The number of guanidine groups is 1. The number of carboxylic acid groups (broad SMARTS) is 3. The van der Waals surface area contributed by atoms with Gasteiger partial charge in [-0.2, -0.15) is 11.8 Å². The van der Waals surface area contributed by atoms with Crippen LogP contribution in [0.2, 0.25) is 33.2 Å². The van der Waals surface area contributed by atoms with Gasteiger partial charge in [0.2, 0.25) is 106 Å². The molecule has 18 amide bonds. The number of H-pyrrole nitrogens is 1. The smallest absolute Gasteiger partial charge is 0.305 e. The van der Waals surface area contributed by atoms with E-state index in [0.717, 1.165) is 35.3 Å². The van der Waals surface area contributed by atoms with Crippen LogP contribution in [0.5, 0.6) is 0 Å². The maximum Gasteiger partial charge on any atom is 0.305 e. The molecule has 0 bridgehead atoms. The molecule has 0 aromatic carbocycles. The Labute approximate surface area is 893 Å². The van der Waals surface area contributed by atoms with Gasteiger partial charge in [-0.25, -0.2) is 4.98 Å². The fourth-order valence-corrected chi connectivity index (χ4v) is 83.2. The molecule has 0 spiro atoms. The number of carboxylic acids is 3. The van der Waals surface area contributed by atoms with Gasteiger partial charge in [-0.1, -0.05) is 202 Å². The third kappa shape index (κ3) is 39.4. The molecule has 3 heterocycles. The number of aliphatic carboxylic acids is 3. The number of amides is 18. The Kier molecular flexibility index (Phi) is 56.0. The number of nitrogens with two attached hydrogens (primary N) is 4. The average Bonchev–Trinajstić information content (AvgIpc) is 0.855. The highest BCUT2D eigenvalue weighted by Crippen LogP contribution is 2.58. The van der Waals surface area contributed by atoms with Crippen molar-refractivity contribution >= 4 is 188 Å². The largest absolute Gasteiger partial charge is 0.481 e. The van der Waals surface area contributed by atoms with E-state index in [9.17, 15) is 77.6 Å². The standard InChI is InChI=1S/C97H163N23O24S3Si3/c1-23-59(20)81-95(143)113-67(42-50(2)3)87(135)112-69(45-78(128)129)88(136)116-71(90(138)111-68(43-61-46-103-49-105-61)89(137)118-80(52(6)7)94(142)110-65(28-31-74(98)122)84(132)108-63(26-24-35-104-97(101)102)86(134)117-79(51(4)5)93(141)107-62(82(100)130)34-37-145-22)47-146-38-40-148(149(53(8)9,54(10)11)55(12)13,150(56(14)15,57(16)17)58(18)19)41-39-147-48-72(91(139)119-81)115-85(133)66(30-33-77(126)127)109-92(140)73-27-25-36-120(73)96(144)70(44-75(99)123)114-83(131)64(106-60(21)121)29-32-76(124)125/h46,49-59,62-73,79-81H,23-37,42-45,47-48H2,1-22H3,(H2,98,122)(H2,99,123)(H2,100,130)(H,103,105)(H,106,121)(H,107,141)(H,108,132)(H,109,140)(H,110,142)(H,111,138)(H,112,135)(H,113,143)(H,114,131)(H,115,133)(H,116,136)(H,117,134)(H,118,137)(H,119,139)(H,124,125)(H,126,127)(H,128,129)(H4,101,102,104)/t59-,62-,63-,64-,65-,66-,67-,68-,69-,70-,71-,72-,73-,79-,80-,81-/m0/s1. The molecule has 1 fully saturated rings. The van der Waals surface area contributed by atoms with E-state index >= 15 is 38.4 Å². The third-order valence-electron chi connectivity index (χ3n) is 27.3. The summed E-state index contributed by atoms with van der Waals surface area (Å²) >= 11 is 3.20. The van der Waals surface area contributed by atoms with Crippen LogP contribution in [0.4, 0.5) is 0 Å². The summed E-state index contributed by atoms with van der Waals surface area (Å²) in [6.45, 7) is 39.7. The zero-order valence-electron chi connectivity index (χ0n) is 90.3. The van der Waals surface area contributed by atoms with Crippen LogP contribution < -0.4 is 103 Å². The minimum atomic E-state index is -3.86. The van der Waals surface area contributed by atoms with Gasteiger partial charge in [0.1, 0.15) is 90.6 Å². The number of aromatic nitrogens is 2. The lowest BCUT2D eigenvalue weighted by Gasteiger charge is -2.62. The molecule has 1 aromatic heterocycles. The number of nitrogens with one attached hydrogen (secondary N) is 17. The molecule has 2 aliphatic rings. The Morgan fingerprint density at radius 2 is 1.00 bits per heavy atom. The van der Waals surface area contributed by atoms with Crippen molar-refractivity contribution in [3.8, 4) is 21.6 Å². The maximum atomic E-state index is 16.0. The van der Waals surface area contributed by atoms with Gasteiger partial charge in [0.05, 0.1) is 40.0 Å². The highest BCUT2D eigenvalue weighted by atomic mass is 32.2. The number of hydrogen-bond acceptors (Lipinski definition) is 26. The molecule has 1 aromatic rings. The summed E-state index contributed by atoms with van der Waals surface area (Å²) in [5.41, 5.74) is 30.1. The van der Waals surface area contributed by atoms with Gasteiger partial charge in [0.25, 0.3) is 0 Å². The summed E-state index contributed by atoms with van der Waals surface area (Å²) in [4.78, 5) is 305. The molecule has 47 nitrogen and oxygen atoms in total. The fraction of sp³-hybridized carbons (Fsp3) is 0.701. The van der Waals surface area contributed by atoms with E-state index in [-0.39, 0.29) is 97.0 Å². The fourth-order valence-electron chi connectivity index (χ4n) is 20.5. The SMILES string of the molecule is CC[C@H](C)[C@@H]1NC(=O)[C@@H](NC(=O)[C@H](CCC(=O)O)NC(=O)[C@@H]2CCCN2C(=O)[C@H](CC(N)=O)NC(=O)[C@H](CCC(=O)O)NC(C)=O)CSC#C[Si]([Si](C(C)C)(C(C)C)C(C)C)([Si](C(C)C)(C(C)C)C(C)C)C#CSC[C@@H](C(=O)N[C@@H](Cc2c[nH]cn2)C(=O)N[C@H](C(=O)N[C@@H](CCC(N)=O)C(=O)N[C@@H](CCCNC(=N)N)C(=O)N[C@H](C(=O)N[C@@H](CCSC)C(N)=O)C(C)C)C(C)C)NC(=O)[C@H](CC(=O)O)NC(=O)[C@H](CC(C)C)NC1=O. The molecule has 840 valence electrons. The number of nitrogens with zero attached hydrogens (tertiary/aromatic N) is 2. The lowest BCUT2D eigenvalue weighted by molar-refractivity contribution is -0.144. The van der Waals surface area contributed by atoms with Crippen molar-refractivity contribution in [2.24, 2.45) is 46.6 Å². The predicted molar refractivity (Wildman–Crippen MR) is 576 cm³/mol. The molecule has 1 saturated heterocycles. The van der Waals surface area contributed by atoms with Gasteiger partial charge < -0.3 is 128 Å². The summed E-state index contributed by atoms with van der Waals surface area (Å²) in [5.74, 6) is -26.3. The average molecular weight is 2220 g/mol. The molecule has 0 radical (unpaired) electrons. The van der Waals surface area contributed by atoms with E-state index in [2.05, 4.69) is 194 Å². The number of likely N-dealkylation sites (tertiary alicyclic amines) is 1. The zero-order chi connectivity index (χ0) is 114. The molecule has 3 rings (SSSR count). The second-order valence-corrected chi connectivity index (χ2v) is 67.7. The molecule has 150 heavy (non-hydrogen) atoms. The van der Waals surface area contributed by atoms with Crippen molar-refractivity contribution in [1.29, 1.82) is 5.41 Å². The van der Waals surface area contributed by atoms with Crippen LogP contribution in [-0.2, 0) is 107 Å². The number of carbonyl (C=O) groups is 21. The zero-order valence-corrected chi connectivity index (χ0v) is 95.7. The maximum absolute atomic E-state index is 16.0. The van der Waals surface area contributed by atoms with Crippen molar-refractivity contribution in [2.45, 2.75) is 372 Å². The first-order chi connectivity index (χ1) is 70.0. The molecule has 28 N–H and O–H groups in total. The first-order valence-electron chi connectivity index (χ1n) is 50.9. The predicted octanol–water partition coefficient (Wildman–Crippen LogP) is 0.445. The number of aromatic amines is 1. The number of carbonyl (C=O) groups excluding carboxylic acids is 18. The van der Waals surface area contributed by atoms with E-state index < -0.39 is 336 Å². The molecule has 0 aliphatic carbocycles. The first kappa shape index (κ1) is 132. The molecule has 16 atom stereocenters. The second-order valence-electron chi connectivity index (χ2n) is 41.2. The molecule has 53 heteroatoms. The van der Waals surface area contributed by atoms with Gasteiger partial charge in [0, 0.05) is 63.4 Å². The topological polar surface area (TPSA) is 759 Å². The van der Waals surface area contributed by atoms with E-state index in [4.69, 9.17) is 28.3 Å². The Bertz CT molecular complexity index is 4940. The van der Waals surface area contributed by atoms with Crippen LogP contribution in [0.1, 0.15) is 247 Å². The number of primary amides is 3. The van der Waals surface area contributed by atoms with E-state index in [0.29, 0.717) is 5.75 Å². The number of rotatable bonds is 57. The van der Waals surface area contributed by atoms with Crippen LogP contribution in [0.25, 0.3) is 0 Å². The second kappa shape index (κ2) is 63.5. The number of imidazole rings is 1. The lowest BCUT2D eigenvalue weighted by atomic mass is 9.96. The molecule has 0 saturated carbocycles. The Morgan fingerprint density at radius 1 is 0.533 bits per heavy atom. The molecular formula is C97H163N23O24S3Si3. The first-order valence-corrected chi connectivity index (χ1v) is 62.7. The molecule has 2 aliphatic heterocycles. The summed E-state index contributed by atoms with van der Waals surface area (Å²) in [7, 11) is -10.3. The molecule has 0 unspecified atom stereocenters. The molecular weight excluding hydrogens is 2050 g/mol. The number of hydrogen-bond donors (Lipinski definition) is 24. The van der Waals surface area contributed by atoms with Crippen molar-refractivity contribution in [3.05, 3.63) is 18.2 Å². The van der Waals surface area contributed by atoms with E-state index in [1.807, 2.05) is 0 Å². The van der Waals surface area contributed by atoms with Crippen molar-refractivity contribution in [1.82, 2.24) is 94.6 Å². The van der Waals surface area contributed by atoms with Crippen LogP contribution in [-0.4, -0.2) is 310 Å². The Morgan fingerprint density at radius 3 is 1.46 bits per heavy atom. The monoisotopic (exact) mass is 2210 g/mol. The highest BCUT2D eigenvalue weighted by Gasteiger charge is 2.72. The quantitative estimate of drug-likeness (QED) is 0.0138. The summed E-state index contributed by atoms with van der Waals surface area (Å²) in [6, 6.07) is -24.6. The number of thioether (sulfide) groups is 3. The summed E-state index contributed by atoms with van der Waals surface area (Å²) in [6.07, 6.45) is -1.46. The van der Waals surface area contributed by atoms with Gasteiger partial charge in [-0.15, -0.1) is 11.1 Å². The van der Waals surface area contributed by atoms with Crippen molar-refractivity contribution in [2.75, 3.05) is 36.6 Å². The van der Waals surface area contributed by atoms with Gasteiger partial charge >= 0.3 is 17.9 Å². The summed E-state index contributed by atoms with van der Waals surface area (Å²) < 4.78 is 0. The minimum absolute atomic E-state index is 0.0129. The highest BCUT2D eigenvalue weighted by molar-refractivity contribution is 8.04. The van der Waals surface area contributed by atoms with Crippen LogP contribution in [0, 0.1) is 50.7 Å². The lowest BCUT2D eigenvalue weighted by Crippen LogP contribution is -2.82. The van der Waals surface area contributed by atoms with Gasteiger partial charge in [0.15, 0.2) is 13.1 Å². The third-order valence-corrected chi connectivity index (χ3v) is 72.4. The van der Waals surface area contributed by atoms with Crippen LogP contribution >= 0.6 is 35.3 Å². The Hall–Kier alpha value is -11.8. The van der Waals surface area contributed by atoms with Crippen LogP contribution in [0.15, 0.2) is 12.5 Å². The minimum Gasteiger partial charge on any atom is -0.481 e. The van der Waals surface area contributed by atoms with Crippen LogP contribution in [0.3, 0.4) is 0 Å². The normalized spacial score (nSPS) is 19.0. The van der Waals surface area contributed by atoms with Gasteiger partial charge in [-0.05, 0) is 104 Å². The van der Waals surface area contributed by atoms with Gasteiger partial charge in [-0.3, -0.25) is 106 Å². The summed E-state index contributed by atoms with van der Waals surface area (Å²) in [5, 5.41) is 84.1. The van der Waals surface area contributed by atoms with Crippen molar-refractivity contribution in [3.63, 3.8) is 0 Å².